The van der Waals surface area contributed by atoms with Crippen molar-refractivity contribution in [3.8, 4) is 0 Å². The Kier molecular flexibility index (Phi) is 3.41. The Labute approximate surface area is 94.6 Å². The molecule has 0 bridgehead atoms. The molecule has 1 aromatic heterocycles. The maximum atomic E-state index is 5.52. The first-order chi connectivity index (χ1) is 7.79. The average molecular weight is 220 g/mol. The fraction of sp³-hybridized carbons (Fsp3) is 0.417. The van der Waals surface area contributed by atoms with Gasteiger partial charge in [-0.3, -0.25) is 0 Å². The van der Waals surface area contributed by atoms with Crippen molar-refractivity contribution in [2.24, 2.45) is 0 Å². The SMILES string of the molecule is CCOC(C)CNc1nc2ccccc2o1. The molecule has 1 N–H and O–H groups in total. The smallest absolute Gasteiger partial charge is 0.295 e. The van der Waals surface area contributed by atoms with E-state index in [1.165, 1.54) is 0 Å². The van der Waals surface area contributed by atoms with Crippen molar-refractivity contribution in [3.05, 3.63) is 24.3 Å². The van der Waals surface area contributed by atoms with E-state index < -0.39 is 0 Å². The van der Waals surface area contributed by atoms with Crippen LogP contribution in [0.1, 0.15) is 13.8 Å². The molecular weight excluding hydrogens is 204 g/mol. The molecule has 0 saturated heterocycles. The summed E-state index contributed by atoms with van der Waals surface area (Å²) in [6.45, 7) is 5.41. The lowest BCUT2D eigenvalue weighted by atomic mass is 10.3. The third kappa shape index (κ3) is 2.52. The number of hydrogen-bond acceptors (Lipinski definition) is 4. The molecule has 0 aliphatic heterocycles. The molecule has 86 valence electrons. The van der Waals surface area contributed by atoms with E-state index in [2.05, 4.69) is 10.3 Å². The van der Waals surface area contributed by atoms with E-state index >= 15 is 0 Å². The quantitative estimate of drug-likeness (QED) is 0.841. The highest BCUT2D eigenvalue weighted by Crippen LogP contribution is 2.17. The van der Waals surface area contributed by atoms with Crippen LogP contribution in [0.15, 0.2) is 28.7 Å². The number of rotatable bonds is 5. The third-order valence-electron chi connectivity index (χ3n) is 2.29. The normalized spacial score (nSPS) is 12.9. The molecule has 1 heterocycles. The van der Waals surface area contributed by atoms with Crippen molar-refractivity contribution in [3.63, 3.8) is 0 Å². The van der Waals surface area contributed by atoms with E-state index in [1.807, 2.05) is 38.1 Å². The van der Waals surface area contributed by atoms with Gasteiger partial charge in [-0.05, 0) is 26.0 Å². The number of nitrogens with zero attached hydrogens (tertiary/aromatic N) is 1. The zero-order chi connectivity index (χ0) is 11.4. The highest BCUT2D eigenvalue weighted by atomic mass is 16.5. The monoisotopic (exact) mass is 220 g/mol. The summed E-state index contributed by atoms with van der Waals surface area (Å²) in [4.78, 5) is 4.31. The van der Waals surface area contributed by atoms with E-state index in [9.17, 15) is 0 Å². The van der Waals surface area contributed by atoms with E-state index in [-0.39, 0.29) is 6.10 Å². The molecule has 2 rings (SSSR count). The largest absolute Gasteiger partial charge is 0.424 e. The lowest BCUT2D eigenvalue weighted by molar-refractivity contribution is 0.0851. The zero-order valence-corrected chi connectivity index (χ0v) is 9.56. The van der Waals surface area contributed by atoms with E-state index in [4.69, 9.17) is 9.15 Å². The number of nitrogens with one attached hydrogen (secondary N) is 1. The maximum Gasteiger partial charge on any atom is 0.295 e. The Morgan fingerprint density at radius 3 is 3.00 bits per heavy atom. The molecule has 0 radical (unpaired) electrons. The number of para-hydroxylation sites is 2. The molecule has 0 spiro atoms. The minimum absolute atomic E-state index is 0.153. The number of anilines is 1. The molecule has 0 amide bonds. The Bertz CT molecular complexity index is 420. The molecule has 16 heavy (non-hydrogen) atoms. The Morgan fingerprint density at radius 1 is 1.44 bits per heavy atom. The highest BCUT2D eigenvalue weighted by Gasteiger charge is 2.06. The summed E-state index contributed by atoms with van der Waals surface area (Å²) in [5.74, 6) is 0. The van der Waals surface area contributed by atoms with Gasteiger partial charge in [-0.2, -0.15) is 4.98 Å². The van der Waals surface area contributed by atoms with Crippen molar-refractivity contribution < 1.29 is 9.15 Å². The van der Waals surface area contributed by atoms with Crippen LogP contribution in [0.2, 0.25) is 0 Å². The van der Waals surface area contributed by atoms with Gasteiger partial charge in [-0.1, -0.05) is 12.1 Å². The van der Waals surface area contributed by atoms with Gasteiger partial charge in [0.1, 0.15) is 5.52 Å². The average Bonchev–Trinajstić information content (AvgIpc) is 2.69. The molecule has 1 aromatic carbocycles. The van der Waals surface area contributed by atoms with Gasteiger partial charge in [-0.15, -0.1) is 0 Å². The van der Waals surface area contributed by atoms with Crippen LogP contribution in [0.3, 0.4) is 0 Å². The Morgan fingerprint density at radius 2 is 2.25 bits per heavy atom. The van der Waals surface area contributed by atoms with Crippen LogP contribution in [0.4, 0.5) is 6.01 Å². The molecular formula is C12H16N2O2. The lowest BCUT2D eigenvalue weighted by Crippen LogP contribution is -2.19. The van der Waals surface area contributed by atoms with Crippen LogP contribution in [0.5, 0.6) is 0 Å². The first kappa shape index (κ1) is 11.0. The summed E-state index contributed by atoms with van der Waals surface area (Å²) in [7, 11) is 0. The second-order valence-corrected chi connectivity index (χ2v) is 3.63. The van der Waals surface area contributed by atoms with Crippen LogP contribution in [-0.4, -0.2) is 24.2 Å². The Hall–Kier alpha value is -1.55. The first-order valence-electron chi connectivity index (χ1n) is 5.50. The van der Waals surface area contributed by atoms with Crippen molar-refractivity contribution in [2.45, 2.75) is 20.0 Å². The summed E-state index contributed by atoms with van der Waals surface area (Å²) in [6.07, 6.45) is 0.153. The third-order valence-corrected chi connectivity index (χ3v) is 2.29. The van der Waals surface area contributed by atoms with Gasteiger partial charge in [-0.25, -0.2) is 0 Å². The minimum Gasteiger partial charge on any atom is -0.424 e. The van der Waals surface area contributed by atoms with Crippen molar-refractivity contribution >= 4 is 17.1 Å². The number of hydrogen-bond donors (Lipinski definition) is 1. The van der Waals surface area contributed by atoms with Gasteiger partial charge in [0.25, 0.3) is 6.01 Å². The predicted octanol–water partition coefficient (Wildman–Crippen LogP) is 2.66. The lowest BCUT2D eigenvalue weighted by Gasteiger charge is -2.10. The minimum atomic E-state index is 0.153. The van der Waals surface area contributed by atoms with E-state index in [1.54, 1.807) is 0 Å². The van der Waals surface area contributed by atoms with Gasteiger partial charge >= 0.3 is 0 Å². The van der Waals surface area contributed by atoms with E-state index in [0.29, 0.717) is 12.6 Å². The summed E-state index contributed by atoms with van der Waals surface area (Å²) < 4.78 is 10.9. The molecule has 0 saturated carbocycles. The van der Waals surface area contributed by atoms with Crippen LogP contribution in [-0.2, 0) is 4.74 Å². The first-order valence-corrected chi connectivity index (χ1v) is 5.50. The molecule has 4 heteroatoms. The number of fused-ring (bicyclic) bond motifs is 1. The summed E-state index contributed by atoms with van der Waals surface area (Å²) in [6, 6.07) is 8.25. The molecule has 4 nitrogen and oxygen atoms in total. The zero-order valence-electron chi connectivity index (χ0n) is 9.56. The van der Waals surface area contributed by atoms with Crippen LogP contribution >= 0.6 is 0 Å². The summed E-state index contributed by atoms with van der Waals surface area (Å²) >= 11 is 0. The van der Waals surface area contributed by atoms with Gasteiger partial charge in [0.15, 0.2) is 5.58 Å². The van der Waals surface area contributed by atoms with Gasteiger partial charge in [0, 0.05) is 13.2 Å². The van der Waals surface area contributed by atoms with Gasteiger partial charge in [0.05, 0.1) is 6.10 Å². The number of ether oxygens (including phenoxy) is 1. The molecule has 1 atom stereocenters. The molecule has 0 aliphatic rings. The van der Waals surface area contributed by atoms with Crippen LogP contribution < -0.4 is 5.32 Å². The predicted molar refractivity (Wildman–Crippen MR) is 63.6 cm³/mol. The molecule has 1 unspecified atom stereocenters. The van der Waals surface area contributed by atoms with Crippen molar-refractivity contribution in [1.29, 1.82) is 0 Å². The van der Waals surface area contributed by atoms with E-state index in [0.717, 1.165) is 17.7 Å². The topological polar surface area (TPSA) is 47.3 Å². The second kappa shape index (κ2) is 4.99. The fourth-order valence-electron chi connectivity index (χ4n) is 1.52. The Balaban J connectivity index is 1.99. The maximum absolute atomic E-state index is 5.52. The van der Waals surface area contributed by atoms with Gasteiger partial charge in [0.2, 0.25) is 0 Å². The van der Waals surface area contributed by atoms with Crippen molar-refractivity contribution in [2.75, 3.05) is 18.5 Å². The standard InChI is InChI=1S/C12H16N2O2/c1-3-15-9(2)8-13-12-14-10-6-4-5-7-11(10)16-12/h4-7,9H,3,8H2,1-2H3,(H,13,14). The molecule has 2 aromatic rings. The van der Waals surface area contributed by atoms with Crippen molar-refractivity contribution in [1.82, 2.24) is 4.98 Å². The fourth-order valence-corrected chi connectivity index (χ4v) is 1.52. The molecule has 0 fully saturated rings. The summed E-state index contributed by atoms with van der Waals surface area (Å²) in [5, 5.41) is 3.12. The summed E-state index contributed by atoms with van der Waals surface area (Å²) in [5.41, 5.74) is 1.67. The molecule has 0 aliphatic carbocycles. The highest BCUT2D eigenvalue weighted by molar-refractivity contribution is 5.74. The van der Waals surface area contributed by atoms with Crippen LogP contribution in [0.25, 0.3) is 11.1 Å². The number of oxazole rings is 1. The number of benzene rings is 1. The number of aromatic nitrogens is 1. The van der Waals surface area contributed by atoms with Gasteiger partial charge < -0.3 is 14.5 Å². The van der Waals surface area contributed by atoms with Crippen LogP contribution in [0, 0.1) is 0 Å². The second-order valence-electron chi connectivity index (χ2n) is 3.63.